The van der Waals surface area contributed by atoms with Crippen molar-refractivity contribution >= 4 is 23.4 Å². The van der Waals surface area contributed by atoms with Gasteiger partial charge in [0, 0.05) is 34.7 Å². The second kappa shape index (κ2) is 7.40. The highest BCUT2D eigenvalue weighted by atomic mass is 16.3. The molecule has 0 spiro atoms. The third-order valence-corrected chi connectivity index (χ3v) is 7.35. The van der Waals surface area contributed by atoms with Gasteiger partial charge in [0.15, 0.2) is 11.6 Å². The van der Waals surface area contributed by atoms with Crippen molar-refractivity contribution in [1.82, 2.24) is 4.90 Å². The molecule has 2 amide bonds. The van der Waals surface area contributed by atoms with E-state index in [0.29, 0.717) is 41.7 Å². The molecule has 1 saturated heterocycles. The monoisotopic (exact) mass is 431 g/mol. The molecule has 1 fully saturated rings. The van der Waals surface area contributed by atoms with Crippen molar-refractivity contribution in [3.8, 4) is 5.75 Å². The Morgan fingerprint density at radius 1 is 1.06 bits per heavy atom. The molecule has 0 saturated carbocycles. The van der Waals surface area contributed by atoms with E-state index in [4.69, 9.17) is 0 Å². The molecule has 4 unspecified atom stereocenters. The maximum Gasteiger partial charge on any atom is 0.233 e. The zero-order chi connectivity index (χ0) is 22.7. The topological polar surface area (TPSA) is 91.8 Å². The summed E-state index contributed by atoms with van der Waals surface area (Å²) in [5, 5.41) is 10.7. The highest BCUT2D eigenvalue weighted by Crippen LogP contribution is 2.55. The standard InChI is InChI=1S/C26H25NO5/c1-3-10-27-25(31)16-9-8-14-17(22(16)26(27)32)12-18-20(29)11-13(2)24(30)23(18)21(14)15-6-4-5-7-19(15)28/h4-8,11,16-17,21-22,28H,3,9-10,12H2,1-2H3. The lowest BCUT2D eigenvalue weighted by Crippen LogP contribution is -2.39. The molecule has 4 aliphatic rings. The third kappa shape index (κ3) is 2.78. The number of amides is 2. The molecule has 1 heterocycles. The first kappa shape index (κ1) is 20.6. The highest BCUT2D eigenvalue weighted by Gasteiger charge is 2.56. The van der Waals surface area contributed by atoms with E-state index in [9.17, 15) is 24.3 Å². The summed E-state index contributed by atoms with van der Waals surface area (Å²) >= 11 is 0. The van der Waals surface area contributed by atoms with E-state index in [0.717, 1.165) is 5.57 Å². The maximum absolute atomic E-state index is 13.3. The van der Waals surface area contributed by atoms with Crippen molar-refractivity contribution < 1.29 is 24.3 Å². The Hall–Kier alpha value is -3.28. The van der Waals surface area contributed by atoms with E-state index >= 15 is 0 Å². The van der Waals surface area contributed by atoms with Crippen molar-refractivity contribution in [3.63, 3.8) is 0 Å². The number of likely N-dealkylation sites (tertiary alicyclic amines) is 1. The summed E-state index contributed by atoms with van der Waals surface area (Å²) in [5.74, 6) is -2.61. The molecule has 1 aliphatic heterocycles. The number of carbonyl (C=O) groups is 4. The lowest BCUT2D eigenvalue weighted by Gasteiger charge is -2.42. The largest absolute Gasteiger partial charge is 0.508 e. The zero-order valence-electron chi connectivity index (χ0n) is 18.1. The number of phenols is 1. The predicted molar refractivity (Wildman–Crippen MR) is 116 cm³/mol. The first-order valence-electron chi connectivity index (χ1n) is 11.2. The van der Waals surface area contributed by atoms with E-state index in [1.165, 1.54) is 11.0 Å². The molecule has 6 nitrogen and oxygen atoms in total. The fourth-order valence-electron chi connectivity index (χ4n) is 5.96. The minimum absolute atomic E-state index is 0.0434. The Bertz CT molecular complexity index is 1170. The van der Waals surface area contributed by atoms with Crippen LogP contribution in [0.5, 0.6) is 5.75 Å². The SMILES string of the molecule is CCCN1C(=O)C2CC=C3C(c4ccccc4O)C4=C(CC3C2C1=O)C(=O)C=C(C)C4=O. The number of rotatable bonds is 3. The third-order valence-electron chi connectivity index (χ3n) is 7.35. The fourth-order valence-corrected chi connectivity index (χ4v) is 5.96. The number of aromatic hydroxyl groups is 1. The van der Waals surface area contributed by atoms with Gasteiger partial charge in [-0.05, 0) is 44.2 Å². The number of fused-ring (bicyclic) bond motifs is 3. The average molecular weight is 431 g/mol. The quantitative estimate of drug-likeness (QED) is 0.451. The molecular weight excluding hydrogens is 406 g/mol. The zero-order valence-corrected chi connectivity index (χ0v) is 18.1. The van der Waals surface area contributed by atoms with Gasteiger partial charge < -0.3 is 5.11 Å². The smallest absolute Gasteiger partial charge is 0.233 e. The number of Topliss-reactive ketones (excluding diaryl/α,β-unsaturated/α-hetero) is 1. The predicted octanol–water partition coefficient (Wildman–Crippen LogP) is 3.23. The summed E-state index contributed by atoms with van der Waals surface area (Å²) in [6.07, 6.45) is 4.71. The van der Waals surface area contributed by atoms with Crippen LogP contribution in [0, 0.1) is 17.8 Å². The van der Waals surface area contributed by atoms with Gasteiger partial charge in [0.05, 0.1) is 11.8 Å². The second-order valence-electron chi connectivity index (χ2n) is 9.12. The van der Waals surface area contributed by atoms with Crippen molar-refractivity contribution in [1.29, 1.82) is 0 Å². The van der Waals surface area contributed by atoms with Gasteiger partial charge in [-0.15, -0.1) is 0 Å². The Morgan fingerprint density at radius 2 is 1.81 bits per heavy atom. The Balaban J connectivity index is 1.69. The number of nitrogens with zero attached hydrogens (tertiary/aromatic N) is 1. The van der Waals surface area contributed by atoms with Crippen molar-refractivity contribution in [3.05, 3.63) is 64.3 Å². The normalized spacial score (nSPS) is 29.5. The van der Waals surface area contributed by atoms with Crippen molar-refractivity contribution in [2.45, 2.75) is 39.0 Å². The van der Waals surface area contributed by atoms with E-state index in [2.05, 4.69) is 0 Å². The summed E-state index contributed by atoms with van der Waals surface area (Å²) in [6, 6.07) is 6.82. The van der Waals surface area contributed by atoms with Gasteiger partial charge in [0.1, 0.15) is 5.75 Å². The lowest BCUT2D eigenvalue weighted by molar-refractivity contribution is -0.140. The van der Waals surface area contributed by atoms with E-state index in [1.54, 1.807) is 31.2 Å². The van der Waals surface area contributed by atoms with Crippen LogP contribution < -0.4 is 0 Å². The van der Waals surface area contributed by atoms with Gasteiger partial charge >= 0.3 is 0 Å². The van der Waals surface area contributed by atoms with Crippen molar-refractivity contribution in [2.75, 3.05) is 6.54 Å². The molecule has 1 aromatic carbocycles. The summed E-state index contributed by atoms with van der Waals surface area (Å²) in [7, 11) is 0. The lowest BCUT2D eigenvalue weighted by atomic mass is 9.59. The van der Waals surface area contributed by atoms with Crippen LogP contribution in [0.15, 0.2) is 58.7 Å². The summed E-state index contributed by atoms with van der Waals surface area (Å²) < 4.78 is 0. The Morgan fingerprint density at radius 3 is 2.53 bits per heavy atom. The number of hydrogen-bond donors (Lipinski definition) is 1. The van der Waals surface area contributed by atoms with Gasteiger partial charge in [-0.1, -0.05) is 36.8 Å². The maximum atomic E-state index is 13.3. The summed E-state index contributed by atoms with van der Waals surface area (Å²) in [5.41, 5.74) is 2.60. The van der Waals surface area contributed by atoms with Crippen LogP contribution in [-0.4, -0.2) is 39.9 Å². The van der Waals surface area contributed by atoms with Crippen LogP contribution in [0.25, 0.3) is 0 Å². The number of phenolic OH excluding ortho intramolecular Hbond substituents is 1. The first-order valence-corrected chi connectivity index (χ1v) is 11.2. The van der Waals surface area contributed by atoms with Crippen LogP contribution in [0.3, 0.4) is 0 Å². The molecule has 1 aromatic rings. The molecule has 4 atom stereocenters. The number of carbonyl (C=O) groups excluding carboxylic acids is 4. The van der Waals surface area contributed by atoms with Crippen molar-refractivity contribution in [2.24, 2.45) is 17.8 Å². The van der Waals surface area contributed by atoms with Crippen LogP contribution in [-0.2, 0) is 19.2 Å². The molecule has 32 heavy (non-hydrogen) atoms. The van der Waals surface area contributed by atoms with E-state index < -0.39 is 17.8 Å². The first-order chi connectivity index (χ1) is 15.3. The number of benzene rings is 1. The second-order valence-corrected chi connectivity index (χ2v) is 9.12. The Kier molecular flexibility index (Phi) is 4.77. The molecule has 0 bridgehead atoms. The number of para-hydroxylation sites is 1. The molecule has 164 valence electrons. The summed E-state index contributed by atoms with van der Waals surface area (Å²) in [4.78, 5) is 53.9. The van der Waals surface area contributed by atoms with Gasteiger partial charge in [0.25, 0.3) is 0 Å². The minimum atomic E-state index is -0.603. The van der Waals surface area contributed by atoms with Crippen LogP contribution in [0.1, 0.15) is 44.6 Å². The molecule has 3 aliphatic carbocycles. The summed E-state index contributed by atoms with van der Waals surface area (Å²) in [6.45, 7) is 3.95. The number of hydrogen-bond acceptors (Lipinski definition) is 5. The highest BCUT2D eigenvalue weighted by molar-refractivity contribution is 6.23. The fraction of sp³-hybridized carbons (Fsp3) is 0.385. The molecule has 0 aromatic heterocycles. The number of imide groups is 1. The van der Waals surface area contributed by atoms with Gasteiger partial charge in [-0.25, -0.2) is 0 Å². The minimum Gasteiger partial charge on any atom is -0.508 e. The molecule has 5 rings (SSSR count). The molecule has 6 heteroatoms. The van der Waals surface area contributed by atoms with Gasteiger partial charge in [0.2, 0.25) is 11.8 Å². The Labute approximate surface area is 186 Å². The van der Waals surface area contributed by atoms with Gasteiger partial charge in [-0.2, -0.15) is 0 Å². The number of allylic oxidation sites excluding steroid dienone is 6. The average Bonchev–Trinajstić information content (AvgIpc) is 3.02. The molecule has 1 N–H and O–H groups in total. The molecule has 0 radical (unpaired) electrons. The molecular formula is C26H25NO5. The van der Waals surface area contributed by atoms with Crippen LogP contribution >= 0.6 is 0 Å². The van der Waals surface area contributed by atoms with Gasteiger partial charge in [-0.3, -0.25) is 24.1 Å². The number of ketones is 2. The van der Waals surface area contributed by atoms with E-state index in [-0.39, 0.29) is 41.5 Å². The van der Waals surface area contributed by atoms with Crippen LogP contribution in [0.2, 0.25) is 0 Å². The van der Waals surface area contributed by atoms with Crippen LogP contribution in [0.4, 0.5) is 0 Å². The van der Waals surface area contributed by atoms with E-state index in [1.807, 2.05) is 13.0 Å².